The third kappa shape index (κ3) is 6.80. The summed E-state index contributed by atoms with van der Waals surface area (Å²) in [5.41, 5.74) is 0.858. The monoisotopic (exact) mass is 483 g/mol. The van der Waals surface area contributed by atoms with Gasteiger partial charge in [-0.2, -0.15) is 0 Å². The standard InChI is InChI=1S/C22H31N2O8P/c1-6-29-33(27)30-14-16(32-33)13-28-20(25)18(23-21(26)31-22(2,3)4)11-15-12-24(5)19-10-8-7-9-17(15)19/h7-10,12,16,18H,6,11,13-14H2,1-5H3,(H,23,26)/t16?,18-,33?/m0/s1/i5D. The number of para-hydroxylation sites is 1. The third-order valence-electron chi connectivity index (χ3n) is 4.67. The summed E-state index contributed by atoms with van der Waals surface area (Å²) in [5, 5.41) is 3.45. The number of aryl methyl sites for hydroxylation is 1. The first-order chi connectivity index (χ1) is 16.0. The number of aromatic nitrogens is 1. The lowest BCUT2D eigenvalue weighted by atomic mass is 10.1. The molecule has 1 aliphatic rings. The fourth-order valence-electron chi connectivity index (χ4n) is 3.35. The van der Waals surface area contributed by atoms with Crippen LogP contribution in [0.2, 0.25) is 0 Å². The van der Waals surface area contributed by atoms with Crippen molar-refractivity contribution in [2.75, 3.05) is 19.8 Å². The highest BCUT2D eigenvalue weighted by Crippen LogP contribution is 2.54. The normalized spacial score (nSPS) is 22.1. The van der Waals surface area contributed by atoms with Gasteiger partial charge in [0, 0.05) is 31.9 Å². The number of benzene rings is 1. The maximum absolute atomic E-state index is 13.0. The lowest BCUT2D eigenvalue weighted by Gasteiger charge is -2.23. The number of carbonyl (C=O) groups excluding carboxylic acids is 2. The zero-order valence-electron chi connectivity index (χ0n) is 20.2. The van der Waals surface area contributed by atoms with Crippen LogP contribution in [-0.2, 0) is 45.8 Å². The largest absolute Gasteiger partial charge is 0.475 e. The van der Waals surface area contributed by atoms with E-state index in [9.17, 15) is 14.2 Å². The first-order valence-corrected chi connectivity index (χ1v) is 12.1. The zero-order valence-corrected chi connectivity index (χ0v) is 20.1. The van der Waals surface area contributed by atoms with E-state index in [0.29, 0.717) is 0 Å². The number of ether oxygens (including phenoxy) is 2. The highest BCUT2D eigenvalue weighted by atomic mass is 31.2. The molecule has 1 aliphatic heterocycles. The molecule has 0 saturated carbocycles. The predicted molar refractivity (Wildman–Crippen MR) is 121 cm³/mol. The molecule has 3 atom stereocenters. The van der Waals surface area contributed by atoms with Gasteiger partial charge in [0.15, 0.2) is 0 Å². The van der Waals surface area contributed by atoms with Crippen molar-refractivity contribution >= 4 is 30.8 Å². The molecule has 0 bridgehead atoms. The maximum Gasteiger partial charge on any atom is 0.475 e. The number of nitrogens with zero attached hydrogens (tertiary/aromatic N) is 1. The van der Waals surface area contributed by atoms with Crippen LogP contribution in [0.25, 0.3) is 10.9 Å². The number of fused-ring (bicyclic) bond motifs is 1. The highest BCUT2D eigenvalue weighted by molar-refractivity contribution is 7.48. The zero-order chi connectivity index (χ0) is 24.9. The number of alkyl carbamates (subject to hydrolysis) is 1. The number of phosphoric acid groups is 1. The molecule has 11 heteroatoms. The predicted octanol–water partition coefficient (Wildman–Crippen LogP) is 3.72. The summed E-state index contributed by atoms with van der Waals surface area (Å²) in [7, 11) is -3.63. The van der Waals surface area contributed by atoms with E-state index >= 15 is 0 Å². The molecule has 1 aromatic carbocycles. The quantitative estimate of drug-likeness (QED) is 0.446. The second-order valence-electron chi connectivity index (χ2n) is 8.56. The Hall–Kier alpha value is -2.39. The molecule has 1 amide bonds. The SMILES string of the molecule is [2H]Cn1cc(C[C@H](NC(=O)OC(C)(C)C)C(=O)OCC2COP(=O)(OCC)O2)c2ccccc21. The molecule has 0 aliphatic carbocycles. The summed E-state index contributed by atoms with van der Waals surface area (Å²) < 4.78 is 47.7. The Bertz CT molecular complexity index is 1070. The fraction of sp³-hybridized carbons (Fsp3) is 0.545. The number of hydrogen-bond donors (Lipinski definition) is 1. The molecule has 3 rings (SSSR count). The fourth-order valence-corrected chi connectivity index (χ4v) is 4.69. The number of rotatable bonds is 8. The van der Waals surface area contributed by atoms with Gasteiger partial charge in [-0.15, -0.1) is 0 Å². The minimum absolute atomic E-state index is 0.00796. The van der Waals surface area contributed by atoms with Crippen molar-refractivity contribution in [3.63, 3.8) is 0 Å². The van der Waals surface area contributed by atoms with Crippen LogP contribution in [0.1, 0.15) is 34.6 Å². The van der Waals surface area contributed by atoms with Crippen LogP contribution in [0.15, 0.2) is 30.5 Å². The van der Waals surface area contributed by atoms with Gasteiger partial charge in [-0.3, -0.25) is 13.6 Å². The van der Waals surface area contributed by atoms with Gasteiger partial charge in [-0.1, -0.05) is 18.2 Å². The van der Waals surface area contributed by atoms with E-state index in [0.717, 1.165) is 16.5 Å². The van der Waals surface area contributed by atoms with Gasteiger partial charge in [0.1, 0.15) is 24.4 Å². The van der Waals surface area contributed by atoms with E-state index in [1.54, 1.807) is 38.5 Å². The topological polar surface area (TPSA) is 114 Å². The maximum atomic E-state index is 13.0. The Kier molecular flexibility index (Phi) is 7.38. The first-order valence-electron chi connectivity index (χ1n) is 11.3. The van der Waals surface area contributed by atoms with Crippen molar-refractivity contribution in [3.05, 3.63) is 36.0 Å². The van der Waals surface area contributed by atoms with Crippen LogP contribution in [0.5, 0.6) is 0 Å². The molecule has 0 radical (unpaired) electrons. The Morgan fingerprint density at radius 1 is 1.36 bits per heavy atom. The van der Waals surface area contributed by atoms with Crippen molar-refractivity contribution in [1.82, 2.24) is 9.88 Å². The Labute approximate surface area is 194 Å². The Balaban J connectivity index is 1.74. The molecule has 2 aromatic rings. The van der Waals surface area contributed by atoms with E-state index in [4.69, 9.17) is 24.4 Å². The van der Waals surface area contributed by atoms with E-state index in [1.165, 1.54) is 0 Å². The van der Waals surface area contributed by atoms with E-state index in [-0.39, 0.29) is 33.3 Å². The van der Waals surface area contributed by atoms with Crippen LogP contribution in [0, 0.1) is 0 Å². The molecule has 2 unspecified atom stereocenters. The van der Waals surface area contributed by atoms with Gasteiger partial charge in [0.25, 0.3) is 0 Å². The summed E-state index contributed by atoms with van der Waals surface area (Å²) in [6.45, 7) is 6.69. The van der Waals surface area contributed by atoms with Gasteiger partial charge in [0.05, 0.1) is 13.2 Å². The smallest absolute Gasteiger partial charge is 0.461 e. The second-order valence-corrected chi connectivity index (χ2v) is 10.2. The third-order valence-corrected chi connectivity index (χ3v) is 6.26. The van der Waals surface area contributed by atoms with Crippen molar-refractivity contribution in [2.24, 2.45) is 7.02 Å². The van der Waals surface area contributed by atoms with Crippen LogP contribution < -0.4 is 5.32 Å². The average Bonchev–Trinajstić information content (AvgIpc) is 3.31. The van der Waals surface area contributed by atoms with Crippen LogP contribution in [0.4, 0.5) is 4.79 Å². The highest BCUT2D eigenvalue weighted by Gasteiger charge is 2.39. The summed E-state index contributed by atoms with van der Waals surface area (Å²) in [6.07, 6.45) is 0.375. The Morgan fingerprint density at radius 3 is 2.82 bits per heavy atom. The molecule has 1 saturated heterocycles. The number of nitrogens with one attached hydrogen (secondary N) is 1. The van der Waals surface area contributed by atoms with E-state index < -0.39 is 37.6 Å². The van der Waals surface area contributed by atoms with Gasteiger partial charge in [-0.25, -0.2) is 14.2 Å². The minimum atomic E-state index is -3.64. The summed E-state index contributed by atoms with van der Waals surface area (Å²) in [4.78, 5) is 25.4. The number of amides is 1. The van der Waals surface area contributed by atoms with Crippen molar-refractivity contribution in [2.45, 2.75) is 51.9 Å². The molecule has 1 fully saturated rings. The summed E-state index contributed by atoms with van der Waals surface area (Å²) >= 11 is 0. The van der Waals surface area contributed by atoms with Crippen LogP contribution >= 0.6 is 7.82 Å². The summed E-state index contributed by atoms with van der Waals surface area (Å²) in [6, 6.07) is 6.44. The summed E-state index contributed by atoms with van der Waals surface area (Å²) in [5.74, 6) is -0.713. The molecule has 2 heterocycles. The molecule has 182 valence electrons. The molecular formula is C22H31N2O8P. The lowest BCUT2D eigenvalue weighted by Crippen LogP contribution is -2.46. The number of hydrogen-bond acceptors (Lipinski definition) is 8. The van der Waals surface area contributed by atoms with E-state index in [2.05, 4.69) is 5.32 Å². The van der Waals surface area contributed by atoms with Crippen LogP contribution in [-0.4, -0.2) is 54.2 Å². The lowest BCUT2D eigenvalue weighted by molar-refractivity contribution is -0.148. The number of carbonyl (C=O) groups is 2. The molecule has 0 spiro atoms. The molecule has 1 N–H and O–H groups in total. The number of phosphoric ester groups is 1. The number of esters is 1. The molecule has 1 aromatic heterocycles. The van der Waals surface area contributed by atoms with Gasteiger partial charge in [0.2, 0.25) is 0 Å². The second kappa shape index (κ2) is 10.3. The molecular weight excluding hydrogens is 451 g/mol. The molecule has 10 nitrogen and oxygen atoms in total. The van der Waals surface area contributed by atoms with Gasteiger partial charge >= 0.3 is 19.9 Å². The van der Waals surface area contributed by atoms with Gasteiger partial charge < -0.3 is 19.4 Å². The van der Waals surface area contributed by atoms with Crippen molar-refractivity contribution in [3.8, 4) is 0 Å². The van der Waals surface area contributed by atoms with Crippen LogP contribution in [0.3, 0.4) is 0 Å². The Morgan fingerprint density at radius 2 is 2.12 bits per heavy atom. The average molecular weight is 483 g/mol. The van der Waals surface area contributed by atoms with Crippen molar-refractivity contribution < 1.29 is 38.6 Å². The van der Waals surface area contributed by atoms with E-state index in [1.807, 2.05) is 24.3 Å². The molecule has 33 heavy (non-hydrogen) atoms. The minimum Gasteiger partial charge on any atom is -0.461 e. The first kappa shape index (κ1) is 23.8. The van der Waals surface area contributed by atoms with Gasteiger partial charge in [-0.05, 0) is 39.3 Å². The van der Waals surface area contributed by atoms with Crippen molar-refractivity contribution in [1.29, 1.82) is 0 Å².